The van der Waals surface area contributed by atoms with Crippen molar-refractivity contribution in [2.24, 2.45) is 5.10 Å². The highest BCUT2D eigenvalue weighted by atomic mass is 79.9. The Balaban J connectivity index is 1.38. The van der Waals surface area contributed by atoms with E-state index in [1.807, 2.05) is 6.07 Å². The van der Waals surface area contributed by atoms with Crippen molar-refractivity contribution in [3.8, 4) is 5.75 Å². The number of hydrazone groups is 1. The number of nitro benzene ring substituents is 1. The number of halogens is 1. The van der Waals surface area contributed by atoms with Gasteiger partial charge in [-0.15, -0.1) is 0 Å². The van der Waals surface area contributed by atoms with E-state index in [0.29, 0.717) is 28.6 Å². The molecule has 10 nitrogen and oxygen atoms in total. The van der Waals surface area contributed by atoms with E-state index < -0.39 is 10.9 Å². The average molecular weight is 553 g/mol. The van der Waals surface area contributed by atoms with Crippen LogP contribution in [0.3, 0.4) is 0 Å². The lowest BCUT2D eigenvalue weighted by Crippen LogP contribution is -2.26. The molecule has 3 aromatic rings. The number of nitro groups is 1. The zero-order valence-electron chi connectivity index (χ0n) is 18.8. The van der Waals surface area contributed by atoms with Gasteiger partial charge in [0.15, 0.2) is 0 Å². The third-order valence-corrected chi connectivity index (χ3v) is 5.48. The van der Waals surface area contributed by atoms with Crippen LogP contribution in [0.1, 0.15) is 39.1 Å². The first-order chi connectivity index (χ1) is 17.3. The Bertz CT molecular complexity index is 1280. The third-order valence-electron chi connectivity index (χ3n) is 4.79. The second-order valence-electron chi connectivity index (χ2n) is 7.40. The molecule has 0 aliphatic rings. The molecule has 0 aliphatic carbocycles. The number of carbonyl (C=O) groups is 3. The number of non-ortho nitro benzene ring substituents is 1. The van der Waals surface area contributed by atoms with Gasteiger partial charge in [-0.1, -0.05) is 12.1 Å². The van der Waals surface area contributed by atoms with Gasteiger partial charge in [0.25, 0.3) is 11.6 Å². The smallest absolute Gasteiger partial charge is 0.343 e. The van der Waals surface area contributed by atoms with E-state index in [9.17, 15) is 24.5 Å². The van der Waals surface area contributed by atoms with Crippen LogP contribution in [-0.2, 0) is 4.79 Å². The van der Waals surface area contributed by atoms with Crippen LogP contribution in [0.5, 0.6) is 5.75 Å². The summed E-state index contributed by atoms with van der Waals surface area (Å²) in [6.07, 6.45) is 2.08. The molecule has 0 aromatic heterocycles. The quantitative estimate of drug-likeness (QED) is 0.0962. The number of carbonyl (C=O) groups excluding carboxylic acids is 3. The monoisotopic (exact) mass is 552 g/mol. The normalized spacial score (nSPS) is 10.6. The van der Waals surface area contributed by atoms with Crippen molar-refractivity contribution in [3.05, 3.63) is 104 Å². The predicted octanol–water partition coefficient (Wildman–Crippen LogP) is 4.24. The molecule has 3 rings (SSSR count). The van der Waals surface area contributed by atoms with Crippen LogP contribution in [0.15, 0.2) is 82.4 Å². The average Bonchev–Trinajstić information content (AvgIpc) is 2.88. The maximum absolute atomic E-state index is 12.2. The first-order valence-corrected chi connectivity index (χ1v) is 11.5. The second-order valence-corrected chi connectivity index (χ2v) is 8.25. The van der Waals surface area contributed by atoms with Gasteiger partial charge in [0.05, 0.1) is 22.3 Å². The van der Waals surface area contributed by atoms with Crippen LogP contribution in [0, 0.1) is 10.1 Å². The Morgan fingerprint density at radius 1 is 1.00 bits per heavy atom. The summed E-state index contributed by atoms with van der Waals surface area (Å²) < 4.78 is 5.95. The minimum atomic E-state index is -0.647. The van der Waals surface area contributed by atoms with Crippen LogP contribution in [-0.4, -0.2) is 35.5 Å². The van der Waals surface area contributed by atoms with Crippen molar-refractivity contribution in [1.29, 1.82) is 0 Å². The number of nitrogens with zero attached hydrogens (tertiary/aromatic N) is 2. The van der Waals surface area contributed by atoms with Crippen molar-refractivity contribution in [3.63, 3.8) is 0 Å². The molecular weight excluding hydrogens is 532 g/mol. The molecule has 0 spiro atoms. The van der Waals surface area contributed by atoms with Crippen LogP contribution in [0.25, 0.3) is 0 Å². The van der Waals surface area contributed by atoms with E-state index in [1.54, 1.807) is 42.5 Å². The van der Waals surface area contributed by atoms with E-state index in [4.69, 9.17) is 4.74 Å². The minimum absolute atomic E-state index is 0.120. The van der Waals surface area contributed by atoms with Crippen molar-refractivity contribution in [2.45, 2.75) is 12.8 Å². The van der Waals surface area contributed by atoms with E-state index in [0.717, 1.165) is 0 Å². The fraction of sp³-hybridized carbons (Fsp3) is 0.120. The summed E-state index contributed by atoms with van der Waals surface area (Å²) in [5, 5.41) is 17.4. The van der Waals surface area contributed by atoms with Gasteiger partial charge in [0, 0.05) is 29.6 Å². The zero-order valence-corrected chi connectivity index (χ0v) is 20.4. The minimum Gasteiger partial charge on any atom is -0.423 e. The third kappa shape index (κ3) is 7.84. The molecule has 0 aliphatic heterocycles. The van der Waals surface area contributed by atoms with Crippen molar-refractivity contribution >= 4 is 45.6 Å². The number of amides is 2. The van der Waals surface area contributed by atoms with Crippen LogP contribution in [0.2, 0.25) is 0 Å². The molecule has 11 heteroatoms. The maximum Gasteiger partial charge on any atom is 0.343 e. The number of esters is 1. The molecule has 0 bridgehead atoms. The molecule has 0 atom stereocenters. The Kier molecular flexibility index (Phi) is 9.40. The highest BCUT2D eigenvalue weighted by molar-refractivity contribution is 9.10. The summed E-state index contributed by atoms with van der Waals surface area (Å²) in [5.74, 6) is -0.881. The Morgan fingerprint density at radius 3 is 2.36 bits per heavy atom. The number of hydrogen-bond acceptors (Lipinski definition) is 7. The molecule has 0 fully saturated rings. The fourth-order valence-corrected chi connectivity index (χ4v) is 3.40. The highest BCUT2D eigenvalue weighted by Crippen LogP contribution is 2.17. The molecule has 2 amide bonds. The van der Waals surface area contributed by atoms with Crippen LogP contribution >= 0.6 is 15.9 Å². The first-order valence-electron chi connectivity index (χ1n) is 10.7. The highest BCUT2D eigenvalue weighted by Gasteiger charge is 2.12. The number of rotatable bonds is 10. The van der Waals surface area contributed by atoms with E-state index >= 15 is 0 Å². The molecule has 0 radical (unpaired) electrons. The summed E-state index contributed by atoms with van der Waals surface area (Å²) in [5.41, 5.74) is 3.66. The molecule has 0 heterocycles. The largest absolute Gasteiger partial charge is 0.423 e. The molecule has 36 heavy (non-hydrogen) atoms. The number of hydrogen-bond donors (Lipinski definition) is 2. The second kappa shape index (κ2) is 12.9. The standard InChI is InChI=1S/C25H21BrN4O6/c26-22-5-2-1-4-21(22)24(32)27-15-3-6-23(31)29-28-16-17-7-13-20(14-8-17)36-25(33)18-9-11-19(12-10-18)30(34)35/h1-2,4-5,7-14,16H,3,6,15H2,(H,27,32)(H,29,31). The molecular formula is C25H21BrN4O6. The Morgan fingerprint density at radius 2 is 1.69 bits per heavy atom. The van der Waals surface area contributed by atoms with E-state index in [1.165, 1.54) is 30.5 Å². The molecule has 0 unspecified atom stereocenters. The van der Waals surface area contributed by atoms with Gasteiger partial charge in [-0.05, 0) is 76.4 Å². The lowest BCUT2D eigenvalue weighted by Gasteiger charge is -2.06. The van der Waals surface area contributed by atoms with Crippen molar-refractivity contribution in [2.75, 3.05) is 6.54 Å². The van der Waals surface area contributed by atoms with Crippen molar-refractivity contribution < 1.29 is 24.0 Å². The summed E-state index contributed by atoms with van der Waals surface area (Å²) in [7, 11) is 0. The van der Waals surface area contributed by atoms with Crippen LogP contribution < -0.4 is 15.5 Å². The van der Waals surface area contributed by atoms with Gasteiger partial charge >= 0.3 is 5.97 Å². The molecule has 184 valence electrons. The van der Waals surface area contributed by atoms with Gasteiger partial charge in [-0.2, -0.15) is 5.10 Å². The maximum atomic E-state index is 12.2. The predicted molar refractivity (Wildman–Crippen MR) is 136 cm³/mol. The van der Waals surface area contributed by atoms with Gasteiger partial charge in [0.1, 0.15) is 5.75 Å². The van der Waals surface area contributed by atoms with E-state index in [-0.39, 0.29) is 35.2 Å². The Labute approximate surface area is 214 Å². The first kappa shape index (κ1) is 26.2. The van der Waals surface area contributed by atoms with Crippen LogP contribution in [0.4, 0.5) is 5.69 Å². The lowest BCUT2D eigenvalue weighted by atomic mass is 10.2. The van der Waals surface area contributed by atoms with Gasteiger partial charge in [0.2, 0.25) is 5.91 Å². The number of benzene rings is 3. The lowest BCUT2D eigenvalue weighted by molar-refractivity contribution is -0.384. The van der Waals surface area contributed by atoms with Gasteiger partial charge < -0.3 is 10.1 Å². The summed E-state index contributed by atoms with van der Waals surface area (Å²) in [4.78, 5) is 46.4. The van der Waals surface area contributed by atoms with Gasteiger partial charge in [-0.3, -0.25) is 19.7 Å². The van der Waals surface area contributed by atoms with Crippen molar-refractivity contribution in [1.82, 2.24) is 10.7 Å². The number of nitrogens with one attached hydrogen (secondary N) is 2. The molecule has 2 N–H and O–H groups in total. The summed E-state index contributed by atoms with van der Waals surface area (Å²) in [6, 6.07) is 18.6. The van der Waals surface area contributed by atoms with Gasteiger partial charge in [-0.25, -0.2) is 10.2 Å². The Hall–Kier alpha value is -4.38. The topological polar surface area (TPSA) is 140 Å². The SMILES string of the molecule is O=C(CCCNC(=O)c1ccccc1Br)NN=Cc1ccc(OC(=O)c2ccc([N+](=O)[O-])cc2)cc1. The summed E-state index contributed by atoms with van der Waals surface area (Å²) in [6.45, 7) is 0.345. The molecule has 0 saturated carbocycles. The molecule has 0 saturated heterocycles. The number of ether oxygens (including phenoxy) is 1. The molecule has 3 aromatic carbocycles. The summed E-state index contributed by atoms with van der Waals surface area (Å²) >= 11 is 3.33. The van der Waals surface area contributed by atoms with E-state index in [2.05, 4.69) is 31.8 Å². The zero-order chi connectivity index (χ0) is 25.9. The fourth-order valence-electron chi connectivity index (χ4n) is 2.93.